The van der Waals surface area contributed by atoms with Gasteiger partial charge < -0.3 is 5.32 Å². The summed E-state index contributed by atoms with van der Waals surface area (Å²) in [5.41, 5.74) is 3.72. The molecule has 2 aromatic heterocycles. The van der Waals surface area contributed by atoms with E-state index < -0.39 is 0 Å². The Morgan fingerprint density at radius 1 is 1.47 bits per heavy atom. The van der Waals surface area contributed by atoms with Crippen LogP contribution in [0.2, 0.25) is 0 Å². The molecule has 0 aliphatic heterocycles. The predicted molar refractivity (Wildman–Crippen MR) is 80.3 cm³/mol. The second kappa shape index (κ2) is 6.53. The molecule has 0 bridgehead atoms. The van der Waals surface area contributed by atoms with E-state index in [0.717, 1.165) is 25.8 Å². The van der Waals surface area contributed by atoms with Crippen molar-refractivity contribution < 1.29 is 0 Å². The van der Waals surface area contributed by atoms with Crippen molar-refractivity contribution in [3.05, 3.63) is 48.3 Å². The van der Waals surface area contributed by atoms with Gasteiger partial charge in [-0.25, -0.2) is 4.52 Å². The fourth-order valence-electron chi connectivity index (χ4n) is 2.30. The lowest BCUT2D eigenvalue weighted by Gasteiger charge is -2.17. The Morgan fingerprint density at radius 3 is 3.05 bits per heavy atom. The fraction of sp³-hybridized carbons (Fsp3) is 0.438. The molecular weight excluding hydrogens is 234 g/mol. The molecule has 3 heteroatoms. The average Bonchev–Trinajstić information content (AvgIpc) is 2.83. The molecule has 0 aliphatic rings. The SMILES string of the molecule is C=C(C)CCC(NCCC)c1cnn2ccccc12. The summed E-state index contributed by atoms with van der Waals surface area (Å²) < 4.78 is 1.94. The van der Waals surface area contributed by atoms with Crippen LogP contribution in [0, 0.1) is 0 Å². The van der Waals surface area contributed by atoms with Crippen LogP contribution < -0.4 is 5.32 Å². The number of fused-ring (bicyclic) bond motifs is 1. The molecule has 0 aliphatic carbocycles. The van der Waals surface area contributed by atoms with Crippen molar-refractivity contribution in [3.63, 3.8) is 0 Å². The van der Waals surface area contributed by atoms with Gasteiger partial charge in [0, 0.05) is 17.8 Å². The van der Waals surface area contributed by atoms with E-state index >= 15 is 0 Å². The summed E-state index contributed by atoms with van der Waals surface area (Å²) in [4.78, 5) is 0. The third kappa shape index (κ3) is 3.44. The molecule has 0 fully saturated rings. The van der Waals surface area contributed by atoms with Gasteiger partial charge in [0.1, 0.15) is 0 Å². The Balaban J connectivity index is 2.23. The number of pyridine rings is 1. The number of nitrogens with one attached hydrogen (secondary N) is 1. The first-order valence-electron chi connectivity index (χ1n) is 7.02. The highest BCUT2D eigenvalue weighted by Crippen LogP contribution is 2.24. The van der Waals surface area contributed by atoms with Crippen LogP contribution in [0.3, 0.4) is 0 Å². The van der Waals surface area contributed by atoms with Crippen molar-refractivity contribution in [2.75, 3.05) is 6.54 Å². The van der Waals surface area contributed by atoms with Crippen LogP contribution in [0.5, 0.6) is 0 Å². The molecule has 0 aromatic carbocycles. The van der Waals surface area contributed by atoms with Gasteiger partial charge in [-0.3, -0.25) is 0 Å². The van der Waals surface area contributed by atoms with Crippen LogP contribution in [0.1, 0.15) is 44.7 Å². The maximum absolute atomic E-state index is 4.43. The second-order valence-electron chi connectivity index (χ2n) is 5.13. The van der Waals surface area contributed by atoms with Crippen LogP contribution in [-0.4, -0.2) is 16.2 Å². The summed E-state index contributed by atoms with van der Waals surface area (Å²) in [6.07, 6.45) is 7.25. The van der Waals surface area contributed by atoms with Gasteiger partial charge in [-0.2, -0.15) is 5.10 Å². The minimum Gasteiger partial charge on any atom is -0.310 e. The highest BCUT2D eigenvalue weighted by atomic mass is 15.2. The normalized spacial score (nSPS) is 12.7. The highest BCUT2D eigenvalue weighted by molar-refractivity contribution is 5.54. The Hall–Kier alpha value is -1.61. The van der Waals surface area contributed by atoms with E-state index in [1.165, 1.54) is 16.7 Å². The molecule has 1 N–H and O–H groups in total. The number of nitrogens with zero attached hydrogens (tertiary/aromatic N) is 2. The van der Waals surface area contributed by atoms with Gasteiger partial charge >= 0.3 is 0 Å². The van der Waals surface area contributed by atoms with Gasteiger partial charge in [0.25, 0.3) is 0 Å². The van der Waals surface area contributed by atoms with Crippen molar-refractivity contribution >= 4 is 5.52 Å². The standard InChI is InChI=1S/C16H23N3/c1-4-10-17-15(9-8-13(2)3)14-12-18-19-11-6-5-7-16(14)19/h5-7,11-12,15,17H,2,4,8-10H2,1,3H3. The van der Waals surface area contributed by atoms with E-state index in [2.05, 4.69) is 43.0 Å². The lowest BCUT2D eigenvalue weighted by atomic mass is 10.0. The van der Waals surface area contributed by atoms with Crippen molar-refractivity contribution in [1.29, 1.82) is 0 Å². The molecule has 2 heterocycles. The molecule has 0 radical (unpaired) electrons. The Kier molecular flexibility index (Phi) is 4.74. The van der Waals surface area contributed by atoms with E-state index in [-0.39, 0.29) is 0 Å². The van der Waals surface area contributed by atoms with E-state index in [4.69, 9.17) is 0 Å². The molecule has 0 spiro atoms. The van der Waals surface area contributed by atoms with E-state index in [1.54, 1.807) is 0 Å². The zero-order valence-corrected chi connectivity index (χ0v) is 11.9. The quantitative estimate of drug-likeness (QED) is 0.766. The molecule has 2 rings (SSSR count). The molecule has 102 valence electrons. The van der Waals surface area contributed by atoms with Crippen molar-refractivity contribution in [2.24, 2.45) is 0 Å². The first kappa shape index (κ1) is 13.8. The largest absolute Gasteiger partial charge is 0.310 e. The van der Waals surface area contributed by atoms with E-state index in [1.807, 2.05) is 23.0 Å². The first-order chi connectivity index (χ1) is 9.22. The maximum Gasteiger partial charge on any atom is 0.0709 e. The lowest BCUT2D eigenvalue weighted by Crippen LogP contribution is -2.22. The maximum atomic E-state index is 4.43. The number of rotatable bonds is 7. The van der Waals surface area contributed by atoms with Gasteiger partial charge in [-0.05, 0) is 44.9 Å². The molecule has 0 saturated heterocycles. The predicted octanol–water partition coefficient (Wildman–Crippen LogP) is 3.73. The number of hydrogen-bond donors (Lipinski definition) is 1. The van der Waals surface area contributed by atoms with Gasteiger partial charge in [0.2, 0.25) is 0 Å². The van der Waals surface area contributed by atoms with Crippen molar-refractivity contribution in [3.8, 4) is 0 Å². The minimum atomic E-state index is 0.358. The zero-order valence-electron chi connectivity index (χ0n) is 11.9. The first-order valence-corrected chi connectivity index (χ1v) is 7.02. The third-order valence-corrected chi connectivity index (χ3v) is 3.33. The molecule has 0 amide bonds. The number of hydrogen-bond acceptors (Lipinski definition) is 2. The van der Waals surface area contributed by atoms with E-state index in [9.17, 15) is 0 Å². The minimum absolute atomic E-state index is 0.358. The molecule has 1 atom stereocenters. The Labute approximate surface area is 115 Å². The lowest BCUT2D eigenvalue weighted by molar-refractivity contribution is 0.501. The zero-order chi connectivity index (χ0) is 13.7. The van der Waals surface area contributed by atoms with Gasteiger partial charge in [-0.1, -0.05) is 18.6 Å². The molecule has 1 unspecified atom stereocenters. The molecule has 19 heavy (non-hydrogen) atoms. The van der Waals surface area contributed by atoms with Crippen LogP contribution in [0.25, 0.3) is 5.52 Å². The molecule has 2 aromatic rings. The summed E-state index contributed by atoms with van der Waals surface area (Å²) in [7, 11) is 0. The topological polar surface area (TPSA) is 29.3 Å². The average molecular weight is 257 g/mol. The number of aromatic nitrogens is 2. The summed E-state index contributed by atoms with van der Waals surface area (Å²) in [6.45, 7) is 9.32. The van der Waals surface area contributed by atoms with Crippen LogP contribution in [0.4, 0.5) is 0 Å². The summed E-state index contributed by atoms with van der Waals surface area (Å²) in [5.74, 6) is 0. The van der Waals surface area contributed by atoms with Gasteiger partial charge in [0.15, 0.2) is 0 Å². The van der Waals surface area contributed by atoms with Crippen molar-refractivity contribution in [2.45, 2.75) is 39.2 Å². The van der Waals surface area contributed by atoms with Crippen LogP contribution >= 0.6 is 0 Å². The molecule has 0 saturated carbocycles. The smallest absolute Gasteiger partial charge is 0.0709 e. The molecular formula is C16H23N3. The highest BCUT2D eigenvalue weighted by Gasteiger charge is 2.15. The summed E-state index contributed by atoms with van der Waals surface area (Å²) in [6, 6.07) is 6.56. The van der Waals surface area contributed by atoms with Crippen molar-refractivity contribution in [1.82, 2.24) is 14.9 Å². The summed E-state index contributed by atoms with van der Waals surface area (Å²) in [5, 5.41) is 8.05. The monoisotopic (exact) mass is 257 g/mol. The third-order valence-electron chi connectivity index (χ3n) is 3.33. The second-order valence-corrected chi connectivity index (χ2v) is 5.13. The van der Waals surface area contributed by atoms with Crippen LogP contribution in [0.15, 0.2) is 42.7 Å². The fourth-order valence-corrected chi connectivity index (χ4v) is 2.30. The number of allylic oxidation sites excluding steroid dienone is 1. The van der Waals surface area contributed by atoms with Crippen LogP contribution in [-0.2, 0) is 0 Å². The van der Waals surface area contributed by atoms with Gasteiger partial charge in [0.05, 0.1) is 11.7 Å². The Bertz CT molecular complexity index is 542. The molecule has 3 nitrogen and oxygen atoms in total. The summed E-state index contributed by atoms with van der Waals surface area (Å²) >= 11 is 0. The Morgan fingerprint density at radius 2 is 2.32 bits per heavy atom. The van der Waals surface area contributed by atoms with E-state index in [0.29, 0.717) is 6.04 Å². The van der Waals surface area contributed by atoms with Gasteiger partial charge in [-0.15, -0.1) is 6.58 Å².